The largest absolute Gasteiger partial charge is 0.508 e. The average molecular weight is 1020 g/mol. The SMILES string of the molecule is CC(C)C[C@H](NC(=O)[C@H](CC(C)C)NC(=O)[C@H](CC(C)C)NC(=O)[C@H](Cc1ccc(O)cc1)NC(=O)[C@H](CCCN=C(N)N)NC(=O)[C@H](CC(C)C)NC(=O)[C@@H]1CCCN1C(=O)[C@@H](N)CCCCN)C(=O)O. The number of nitrogens with zero attached hydrogens (tertiary/aromatic N) is 2. The van der Waals surface area contributed by atoms with Crippen molar-refractivity contribution in [3.8, 4) is 5.75 Å². The molecule has 1 aromatic rings. The zero-order chi connectivity index (χ0) is 54.2. The van der Waals surface area contributed by atoms with Crippen LogP contribution in [0.1, 0.15) is 132 Å². The molecular weight excluding hydrogens is 929 g/mol. The van der Waals surface area contributed by atoms with Crippen molar-refractivity contribution < 1.29 is 48.6 Å². The lowest BCUT2D eigenvalue weighted by Gasteiger charge is -2.30. The van der Waals surface area contributed by atoms with Crippen molar-refractivity contribution in [2.24, 2.45) is 51.6 Å². The third kappa shape index (κ3) is 22.6. The van der Waals surface area contributed by atoms with E-state index in [1.807, 2.05) is 55.4 Å². The van der Waals surface area contributed by atoms with E-state index < -0.39 is 89.7 Å². The van der Waals surface area contributed by atoms with E-state index in [0.29, 0.717) is 50.8 Å². The molecule has 1 aliphatic rings. The van der Waals surface area contributed by atoms with Crippen molar-refractivity contribution in [1.29, 1.82) is 0 Å². The summed E-state index contributed by atoms with van der Waals surface area (Å²) in [5.41, 5.74) is 23.5. The first kappa shape index (κ1) is 62.1. The predicted molar refractivity (Wildman–Crippen MR) is 274 cm³/mol. The van der Waals surface area contributed by atoms with Gasteiger partial charge in [0.05, 0.1) is 6.04 Å². The summed E-state index contributed by atoms with van der Waals surface area (Å²) in [5, 5.41) is 36.3. The van der Waals surface area contributed by atoms with Gasteiger partial charge < -0.3 is 69.9 Å². The molecule has 1 saturated heterocycles. The molecule has 1 aliphatic heterocycles. The number of aliphatic carboxylic acids is 1. The average Bonchev–Trinajstić information content (AvgIpc) is 3.79. The topological polar surface area (TPSA) is 369 Å². The van der Waals surface area contributed by atoms with Gasteiger partial charge in [0, 0.05) is 19.5 Å². The molecule has 1 aromatic carbocycles. The molecule has 8 atom stereocenters. The first-order chi connectivity index (χ1) is 33.8. The third-order valence-corrected chi connectivity index (χ3v) is 12.1. The van der Waals surface area contributed by atoms with Gasteiger partial charge in [0.25, 0.3) is 0 Å². The molecule has 2 rings (SSSR count). The lowest BCUT2D eigenvalue weighted by atomic mass is 9.98. The smallest absolute Gasteiger partial charge is 0.326 e. The molecule has 1 heterocycles. The van der Waals surface area contributed by atoms with Gasteiger partial charge in [-0.25, -0.2) is 4.79 Å². The van der Waals surface area contributed by atoms with E-state index in [0.717, 1.165) is 0 Å². The predicted octanol–water partition coefficient (Wildman–Crippen LogP) is 0.613. The summed E-state index contributed by atoms with van der Waals surface area (Å²) >= 11 is 0. The van der Waals surface area contributed by atoms with Gasteiger partial charge in [0.15, 0.2) is 5.96 Å². The zero-order valence-electron chi connectivity index (χ0n) is 43.7. The summed E-state index contributed by atoms with van der Waals surface area (Å²) < 4.78 is 0. The van der Waals surface area contributed by atoms with Crippen molar-refractivity contribution >= 4 is 53.3 Å². The number of nitrogens with two attached hydrogens (primary N) is 4. The second kappa shape index (κ2) is 31.4. The Labute approximate surface area is 425 Å². The van der Waals surface area contributed by atoms with Crippen molar-refractivity contribution in [2.45, 2.75) is 181 Å². The Morgan fingerprint density at radius 2 is 1.07 bits per heavy atom. The van der Waals surface area contributed by atoms with Crippen LogP contribution in [0.25, 0.3) is 0 Å². The number of carboxylic acids is 1. The van der Waals surface area contributed by atoms with Crippen LogP contribution in [0.4, 0.5) is 0 Å². The van der Waals surface area contributed by atoms with Gasteiger partial charge in [0.2, 0.25) is 41.4 Å². The fraction of sp³-hybridized carbons (Fsp3) is 0.700. The van der Waals surface area contributed by atoms with Crippen LogP contribution in [0, 0.1) is 23.7 Å². The summed E-state index contributed by atoms with van der Waals surface area (Å²) in [4.78, 5) is 116. The van der Waals surface area contributed by atoms with E-state index in [2.05, 4.69) is 36.9 Å². The highest BCUT2D eigenvalue weighted by atomic mass is 16.4. The molecule has 0 bridgehead atoms. The lowest BCUT2D eigenvalue weighted by molar-refractivity contribution is -0.143. The lowest BCUT2D eigenvalue weighted by Crippen LogP contribution is -2.60. The Kier molecular flexibility index (Phi) is 27.1. The number of carbonyl (C=O) groups is 8. The van der Waals surface area contributed by atoms with Gasteiger partial charge in [-0.2, -0.15) is 0 Å². The second-order valence-corrected chi connectivity index (χ2v) is 20.6. The van der Waals surface area contributed by atoms with Gasteiger partial charge in [0.1, 0.15) is 48.0 Å². The number of guanidine groups is 1. The van der Waals surface area contributed by atoms with E-state index in [1.54, 1.807) is 12.1 Å². The summed E-state index contributed by atoms with van der Waals surface area (Å²) in [6.45, 7) is 15.6. The molecule has 0 aliphatic carbocycles. The number of nitrogens with one attached hydrogen (secondary N) is 6. The normalized spacial score (nSPS) is 16.5. The van der Waals surface area contributed by atoms with Crippen LogP contribution in [0.2, 0.25) is 0 Å². The molecule has 406 valence electrons. The Bertz CT molecular complexity index is 1960. The fourth-order valence-electron chi connectivity index (χ4n) is 8.43. The van der Waals surface area contributed by atoms with Gasteiger partial charge in [-0.1, -0.05) is 73.9 Å². The second-order valence-electron chi connectivity index (χ2n) is 20.6. The molecule has 0 unspecified atom stereocenters. The number of phenols is 1. The van der Waals surface area contributed by atoms with Crippen molar-refractivity contribution in [1.82, 2.24) is 36.8 Å². The van der Waals surface area contributed by atoms with E-state index in [4.69, 9.17) is 22.9 Å². The molecule has 7 amide bonds. The summed E-state index contributed by atoms with van der Waals surface area (Å²) in [5.74, 6) is -6.42. The highest BCUT2D eigenvalue weighted by Gasteiger charge is 2.39. The van der Waals surface area contributed by atoms with Crippen molar-refractivity contribution in [3.63, 3.8) is 0 Å². The minimum Gasteiger partial charge on any atom is -0.508 e. The Morgan fingerprint density at radius 3 is 1.56 bits per heavy atom. The number of benzene rings is 1. The number of aromatic hydroxyl groups is 1. The monoisotopic (exact) mass is 1010 g/mol. The molecule has 0 spiro atoms. The molecule has 0 aromatic heterocycles. The number of unbranched alkanes of at least 4 members (excludes halogenated alkanes) is 1. The van der Waals surface area contributed by atoms with Crippen LogP contribution >= 0.6 is 0 Å². The summed E-state index contributed by atoms with van der Waals surface area (Å²) in [6, 6.07) is -3.13. The Hall–Kier alpha value is -6.03. The summed E-state index contributed by atoms with van der Waals surface area (Å²) in [6.07, 6.45) is 3.34. The van der Waals surface area contributed by atoms with Crippen LogP contribution in [0.5, 0.6) is 5.75 Å². The van der Waals surface area contributed by atoms with Crippen LogP contribution in [0.3, 0.4) is 0 Å². The van der Waals surface area contributed by atoms with Gasteiger partial charge in [-0.3, -0.25) is 38.6 Å². The van der Waals surface area contributed by atoms with Crippen molar-refractivity contribution in [3.05, 3.63) is 29.8 Å². The number of aliphatic imine (C=N–C) groups is 1. The maximum Gasteiger partial charge on any atom is 0.326 e. The van der Waals surface area contributed by atoms with E-state index in [-0.39, 0.29) is 92.8 Å². The maximum absolute atomic E-state index is 14.5. The number of amides is 7. The van der Waals surface area contributed by atoms with Crippen LogP contribution < -0.4 is 54.8 Å². The number of phenolic OH excluding ortho intramolecular Hbond substituents is 1. The van der Waals surface area contributed by atoms with Crippen LogP contribution in [-0.2, 0) is 44.8 Å². The molecule has 0 saturated carbocycles. The molecular formula is C50H86N12O10. The zero-order valence-corrected chi connectivity index (χ0v) is 43.7. The third-order valence-electron chi connectivity index (χ3n) is 12.1. The van der Waals surface area contributed by atoms with Crippen LogP contribution in [0.15, 0.2) is 29.3 Å². The molecule has 22 heteroatoms. The minimum absolute atomic E-state index is 0.0191. The van der Waals surface area contributed by atoms with Gasteiger partial charge in [-0.05, 0) is 112 Å². The quantitative estimate of drug-likeness (QED) is 0.0268. The number of rotatable bonds is 32. The van der Waals surface area contributed by atoms with Gasteiger partial charge in [-0.15, -0.1) is 0 Å². The maximum atomic E-state index is 14.5. The van der Waals surface area contributed by atoms with E-state index in [9.17, 15) is 48.6 Å². The van der Waals surface area contributed by atoms with E-state index >= 15 is 0 Å². The van der Waals surface area contributed by atoms with Crippen LogP contribution in [-0.4, -0.2) is 136 Å². The first-order valence-electron chi connectivity index (χ1n) is 25.5. The number of hydrogen-bond donors (Lipinski definition) is 12. The van der Waals surface area contributed by atoms with Gasteiger partial charge >= 0.3 is 5.97 Å². The number of carbonyl (C=O) groups excluding carboxylic acids is 7. The Balaban J connectivity index is 2.49. The molecule has 72 heavy (non-hydrogen) atoms. The summed E-state index contributed by atoms with van der Waals surface area (Å²) in [7, 11) is 0. The highest BCUT2D eigenvalue weighted by Crippen LogP contribution is 2.21. The first-order valence-corrected chi connectivity index (χ1v) is 25.5. The molecule has 16 N–H and O–H groups in total. The standard InChI is InChI=1S/C50H86N12O10/c1-28(2)23-36(44(66)57-37(24-29(3)4)45(67)61-40(49(71)72)26-31(7)8)58-46(68)39(27-32-16-18-33(63)19-17-32)59-42(64)35(14-11-21-55-50(53)54)56-43(65)38(25-30(5)6)60-47(69)41-15-12-22-62(41)48(70)34(52)13-9-10-20-51/h16-19,28-31,34-41,63H,9-15,20-27,51-52H2,1-8H3,(H,56,65)(H,57,66)(H,58,68)(H,59,64)(H,60,69)(H,61,67)(H,71,72)(H4,53,54,55)/t34-,35-,36-,37-,38-,39-,40-,41-/m0/s1. The minimum atomic E-state index is -1.37. The molecule has 0 radical (unpaired) electrons. The van der Waals surface area contributed by atoms with Crippen molar-refractivity contribution in [2.75, 3.05) is 19.6 Å². The Morgan fingerprint density at radius 1 is 0.625 bits per heavy atom. The highest BCUT2D eigenvalue weighted by molar-refractivity contribution is 5.98. The number of likely N-dealkylation sites (tertiary alicyclic amines) is 1. The fourth-order valence-corrected chi connectivity index (χ4v) is 8.43. The van der Waals surface area contributed by atoms with E-state index in [1.165, 1.54) is 17.0 Å². The molecule has 1 fully saturated rings. The molecule has 22 nitrogen and oxygen atoms in total. The number of hydrogen-bond acceptors (Lipinski definition) is 12. The number of carboxylic acid groups (broad SMARTS) is 1.